The third kappa shape index (κ3) is 2.94. The van der Waals surface area contributed by atoms with Gasteiger partial charge in [-0.15, -0.1) is 0 Å². The molecule has 144 valence electrons. The van der Waals surface area contributed by atoms with Gasteiger partial charge in [-0.1, -0.05) is 6.07 Å². The molecule has 0 radical (unpaired) electrons. The lowest BCUT2D eigenvalue weighted by atomic mass is 9.95. The predicted molar refractivity (Wildman–Crippen MR) is 112 cm³/mol. The maximum atomic E-state index is 14.8. The topological polar surface area (TPSA) is 89.7 Å². The van der Waals surface area contributed by atoms with Crippen LogP contribution >= 0.6 is 0 Å². The van der Waals surface area contributed by atoms with Crippen LogP contribution in [-0.2, 0) is 0 Å². The summed E-state index contributed by atoms with van der Waals surface area (Å²) in [4.78, 5) is 6.38. The van der Waals surface area contributed by atoms with E-state index in [0.717, 1.165) is 37.1 Å². The Bertz CT molecular complexity index is 1170. The average Bonchev–Trinajstić information content (AvgIpc) is 3.30. The van der Waals surface area contributed by atoms with Gasteiger partial charge in [-0.3, -0.25) is 0 Å². The number of nitrogens with two attached hydrogens (primary N) is 1. The molecule has 0 atom stereocenters. The number of benzene rings is 1. The standard InChI is InChI=1S/C23H20FN5/c1-13-16(9-15-5-6-20(19(24)10-15)29-7-3-4-8-29)21-14(2)18(12-26)23(27)28-22(21)17(13)11-25/h5-6,9-10H,3-4,7-8H2,1-2H3,(H2,27,28). The molecular weight excluding hydrogens is 365 g/mol. The highest BCUT2D eigenvalue weighted by molar-refractivity contribution is 6.08. The van der Waals surface area contributed by atoms with Crippen LogP contribution in [0.4, 0.5) is 15.9 Å². The van der Waals surface area contributed by atoms with E-state index in [1.54, 1.807) is 6.92 Å². The Morgan fingerprint density at radius 2 is 1.90 bits per heavy atom. The summed E-state index contributed by atoms with van der Waals surface area (Å²) in [6.45, 7) is 5.39. The first-order valence-electron chi connectivity index (χ1n) is 9.54. The molecule has 1 aliphatic carbocycles. The Labute approximate surface area is 169 Å². The van der Waals surface area contributed by atoms with Crippen LogP contribution in [0.5, 0.6) is 0 Å². The van der Waals surface area contributed by atoms with Gasteiger partial charge in [0.2, 0.25) is 0 Å². The van der Waals surface area contributed by atoms with Crippen molar-refractivity contribution in [3.63, 3.8) is 0 Å². The lowest BCUT2D eigenvalue weighted by molar-refractivity contribution is 0.623. The zero-order chi connectivity index (χ0) is 20.7. The number of nitrogen functional groups attached to an aromatic ring is 1. The highest BCUT2D eigenvalue weighted by Gasteiger charge is 2.29. The first-order valence-corrected chi connectivity index (χ1v) is 9.54. The van der Waals surface area contributed by atoms with Crippen molar-refractivity contribution < 1.29 is 4.39 Å². The van der Waals surface area contributed by atoms with Gasteiger partial charge >= 0.3 is 0 Å². The summed E-state index contributed by atoms with van der Waals surface area (Å²) in [5.74, 6) is -0.141. The highest BCUT2D eigenvalue weighted by Crippen LogP contribution is 2.44. The Morgan fingerprint density at radius 3 is 2.52 bits per heavy atom. The summed E-state index contributed by atoms with van der Waals surface area (Å²) in [6, 6.07) is 9.49. The number of fused-ring (bicyclic) bond motifs is 1. The summed E-state index contributed by atoms with van der Waals surface area (Å²) in [7, 11) is 0. The van der Waals surface area contributed by atoms with Crippen LogP contribution in [0.3, 0.4) is 0 Å². The van der Waals surface area contributed by atoms with Crippen LogP contribution < -0.4 is 10.6 Å². The molecule has 4 rings (SSSR count). The van der Waals surface area contributed by atoms with Crippen LogP contribution in [0.2, 0.25) is 0 Å². The first kappa shape index (κ1) is 18.7. The van der Waals surface area contributed by atoms with Crippen molar-refractivity contribution in [3.05, 3.63) is 57.5 Å². The molecule has 6 heteroatoms. The quantitative estimate of drug-likeness (QED) is 0.826. The Morgan fingerprint density at radius 1 is 1.17 bits per heavy atom. The SMILES string of the molecule is CC1=C(C#N)c2nc(N)c(C#N)c(C)c2C1=Cc1ccc(N2CCCC2)c(F)c1. The van der Waals surface area contributed by atoms with E-state index in [1.807, 2.05) is 25.1 Å². The molecule has 0 amide bonds. The van der Waals surface area contributed by atoms with Crippen LogP contribution in [0, 0.1) is 35.4 Å². The molecule has 2 N–H and O–H groups in total. The third-order valence-corrected chi connectivity index (χ3v) is 5.71. The molecule has 1 aromatic carbocycles. The molecule has 2 aromatic rings. The van der Waals surface area contributed by atoms with Crippen LogP contribution in [0.1, 0.15) is 47.7 Å². The van der Waals surface area contributed by atoms with Gasteiger partial charge in [0.05, 0.1) is 22.5 Å². The summed E-state index contributed by atoms with van der Waals surface area (Å²) in [5.41, 5.74) is 11.4. The Balaban J connectivity index is 1.85. The second-order valence-electron chi connectivity index (χ2n) is 7.41. The number of rotatable bonds is 2. The van der Waals surface area contributed by atoms with Crippen molar-refractivity contribution in [2.75, 3.05) is 23.7 Å². The second-order valence-corrected chi connectivity index (χ2v) is 7.41. The molecule has 0 unspecified atom stereocenters. The zero-order valence-corrected chi connectivity index (χ0v) is 16.4. The molecule has 29 heavy (non-hydrogen) atoms. The molecule has 1 aliphatic heterocycles. The van der Waals surface area contributed by atoms with Gasteiger partial charge in [-0.2, -0.15) is 10.5 Å². The van der Waals surface area contributed by atoms with Crippen molar-refractivity contribution in [1.82, 2.24) is 4.98 Å². The van der Waals surface area contributed by atoms with Gasteiger partial charge in [0.25, 0.3) is 0 Å². The maximum absolute atomic E-state index is 14.8. The smallest absolute Gasteiger partial charge is 0.147 e. The largest absolute Gasteiger partial charge is 0.383 e. The first-order chi connectivity index (χ1) is 14.0. The second kappa shape index (κ2) is 7.07. The normalized spacial score (nSPS) is 16.9. The molecular formula is C23H20FN5. The maximum Gasteiger partial charge on any atom is 0.147 e. The van der Waals surface area contributed by atoms with E-state index in [4.69, 9.17) is 5.73 Å². The fraction of sp³-hybridized carbons (Fsp3) is 0.261. The molecule has 0 spiro atoms. The third-order valence-electron chi connectivity index (χ3n) is 5.71. The lowest BCUT2D eigenvalue weighted by Gasteiger charge is -2.18. The van der Waals surface area contributed by atoms with E-state index in [9.17, 15) is 14.9 Å². The number of pyridine rings is 1. The molecule has 1 fully saturated rings. The van der Waals surface area contributed by atoms with Gasteiger partial charge in [0, 0.05) is 18.7 Å². The molecule has 5 nitrogen and oxygen atoms in total. The van der Waals surface area contributed by atoms with Gasteiger partial charge in [-0.25, -0.2) is 9.37 Å². The van der Waals surface area contributed by atoms with Crippen LogP contribution in [0.15, 0.2) is 23.8 Å². The Hall–Kier alpha value is -3.64. The molecule has 1 aromatic heterocycles. The average molecular weight is 385 g/mol. The molecule has 1 saturated heterocycles. The number of hydrogen-bond acceptors (Lipinski definition) is 5. The van der Waals surface area contributed by atoms with Crippen molar-refractivity contribution in [1.29, 1.82) is 10.5 Å². The number of allylic oxidation sites excluding steroid dienone is 3. The fourth-order valence-corrected chi connectivity index (χ4v) is 4.19. The number of aromatic nitrogens is 1. The van der Waals surface area contributed by atoms with E-state index in [0.29, 0.717) is 39.2 Å². The Kier molecular flexibility index (Phi) is 4.56. The van der Waals surface area contributed by atoms with Gasteiger partial charge in [0.15, 0.2) is 0 Å². The fourth-order valence-electron chi connectivity index (χ4n) is 4.19. The van der Waals surface area contributed by atoms with Crippen molar-refractivity contribution in [2.45, 2.75) is 26.7 Å². The predicted octanol–water partition coefficient (Wildman–Crippen LogP) is 4.43. The summed E-state index contributed by atoms with van der Waals surface area (Å²) >= 11 is 0. The minimum atomic E-state index is -0.258. The van der Waals surface area contributed by atoms with E-state index in [2.05, 4.69) is 22.0 Å². The van der Waals surface area contributed by atoms with Crippen molar-refractivity contribution >= 4 is 28.7 Å². The molecule has 2 heterocycles. The number of hydrogen-bond donors (Lipinski definition) is 1. The van der Waals surface area contributed by atoms with Gasteiger partial charge in [0.1, 0.15) is 23.8 Å². The molecule has 2 aliphatic rings. The minimum Gasteiger partial charge on any atom is -0.383 e. The molecule has 0 bridgehead atoms. The van der Waals surface area contributed by atoms with E-state index in [1.165, 1.54) is 6.07 Å². The van der Waals surface area contributed by atoms with Crippen molar-refractivity contribution in [3.8, 4) is 12.1 Å². The van der Waals surface area contributed by atoms with Crippen molar-refractivity contribution in [2.24, 2.45) is 0 Å². The zero-order valence-electron chi connectivity index (χ0n) is 16.4. The summed E-state index contributed by atoms with van der Waals surface area (Å²) in [5, 5.41) is 19.1. The van der Waals surface area contributed by atoms with E-state index < -0.39 is 0 Å². The number of nitrogens with zero attached hydrogens (tertiary/aromatic N) is 4. The van der Waals surface area contributed by atoms with E-state index >= 15 is 0 Å². The minimum absolute atomic E-state index is 0.117. The number of anilines is 2. The van der Waals surface area contributed by atoms with Crippen LogP contribution in [-0.4, -0.2) is 18.1 Å². The highest BCUT2D eigenvalue weighted by atomic mass is 19.1. The number of halogens is 1. The van der Waals surface area contributed by atoms with Gasteiger partial charge < -0.3 is 10.6 Å². The van der Waals surface area contributed by atoms with Gasteiger partial charge in [-0.05, 0) is 67.2 Å². The van der Waals surface area contributed by atoms with E-state index in [-0.39, 0.29) is 11.6 Å². The summed E-state index contributed by atoms with van der Waals surface area (Å²) in [6.07, 6.45) is 4.01. The number of nitriles is 2. The summed E-state index contributed by atoms with van der Waals surface area (Å²) < 4.78 is 14.8. The monoisotopic (exact) mass is 385 g/mol. The molecule has 0 saturated carbocycles. The van der Waals surface area contributed by atoms with Crippen LogP contribution in [0.25, 0.3) is 17.2 Å². The lowest BCUT2D eigenvalue weighted by Crippen LogP contribution is -2.18.